The van der Waals surface area contributed by atoms with Crippen LogP contribution in [0.1, 0.15) is 62.7 Å². The molecular formula is C19H27N5O2. The molecule has 1 fully saturated rings. The van der Waals surface area contributed by atoms with Crippen molar-refractivity contribution in [1.82, 2.24) is 20.4 Å². The van der Waals surface area contributed by atoms with Crippen LogP contribution in [0, 0.1) is 0 Å². The number of carbonyl (C=O) groups is 1. The lowest BCUT2D eigenvalue weighted by molar-refractivity contribution is -0.121. The molecule has 1 N–H and O–H groups in total. The van der Waals surface area contributed by atoms with Gasteiger partial charge in [0.1, 0.15) is 5.82 Å². The van der Waals surface area contributed by atoms with Crippen LogP contribution in [0.2, 0.25) is 0 Å². The van der Waals surface area contributed by atoms with Crippen LogP contribution in [-0.4, -0.2) is 34.1 Å². The molecular weight excluding hydrogens is 330 g/mol. The van der Waals surface area contributed by atoms with Crippen molar-refractivity contribution in [2.24, 2.45) is 0 Å². The molecule has 140 valence electrons. The molecule has 2 aromatic heterocycles. The molecule has 0 atom stereocenters. The molecule has 0 unspecified atom stereocenters. The minimum atomic E-state index is 0.0353. The Balaban J connectivity index is 1.40. The van der Waals surface area contributed by atoms with Crippen LogP contribution in [0.25, 0.3) is 0 Å². The fourth-order valence-electron chi connectivity index (χ4n) is 2.98. The molecule has 0 aliphatic carbocycles. The van der Waals surface area contributed by atoms with Crippen LogP contribution >= 0.6 is 0 Å². The lowest BCUT2D eigenvalue weighted by Gasteiger charge is -2.17. The second-order valence-electron chi connectivity index (χ2n) is 7.05. The summed E-state index contributed by atoms with van der Waals surface area (Å²) in [4.78, 5) is 23.1. The maximum atomic E-state index is 12.1. The van der Waals surface area contributed by atoms with Gasteiger partial charge in [0, 0.05) is 44.6 Å². The van der Waals surface area contributed by atoms with Crippen molar-refractivity contribution < 1.29 is 9.32 Å². The summed E-state index contributed by atoms with van der Waals surface area (Å²) in [7, 11) is 0. The molecule has 7 nitrogen and oxygen atoms in total. The van der Waals surface area contributed by atoms with E-state index in [0.29, 0.717) is 31.7 Å². The predicted molar refractivity (Wildman–Crippen MR) is 98.9 cm³/mol. The first-order valence-corrected chi connectivity index (χ1v) is 9.41. The fraction of sp³-hybridized carbons (Fsp3) is 0.579. The Kier molecular flexibility index (Phi) is 6.20. The van der Waals surface area contributed by atoms with E-state index >= 15 is 0 Å². The van der Waals surface area contributed by atoms with Gasteiger partial charge in [-0.2, -0.15) is 4.98 Å². The van der Waals surface area contributed by atoms with Crippen molar-refractivity contribution in [1.29, 1.82) is 0 Å². The maximum Gasteiger partial charge on any atom is 0.226 e. The number of anilines is 1. The number of amides is 1. The lowest BCUT2D eigenvalue weighted by atomic mass is 10.2. The normalized spacial score (nSPS) is 14.2. The average molecular weight is 357 g/mol. The van der Waals surface area contributed by atoms with Gasteiger partial charge in [0.15, 0.2) is 5.82 Å². The third-order valence-electron chi connectivity index (χ3n) is 4.52. The number of aryl methyl sites for hydroxylation is 1. The van der Waals surface area contributed by atoms with E-state index in [0.717, 1.165) is 30.3 Å². The SMILES string of the molecule is CC(C)c1noc(CCCC(=O)NCc2ccnc(N3CCCC3)c2)n1. The van der Waals surface area contributed by atoms with Gasteiger partial charge in [0.2, 0.25) is 11.8 Å². The Morgan fingerprint density at radius 1 is 1.35 bits per heavy atom. The van der Waals surface area contributed by atoms with Gasteiger partial charge < -0.3 is 14.7 Å². The average Bonchev–Trinajstić information content (AvgIpc) is 3.32. The van der Waals surface area contributed by atoms with Crippen molar-refractivity contribution in [2.45, 2.75) is 58.4 Å². The highest BCUT2D eigenvalue weighted by Gasteiger charge is 2.14. The molecule has 26 heavy (non-hydrogen) atoms. The molecule has 3 heterocycles. The Morgan fingerprint density at radius 2 is 2.15 bits per heavy atom. The van der Waals surface area contributed by atoms with Crippen molar-refractivity contribution in [3.8, 4) is 0 Å². The standard InChI is InChI=1S/C19H27N5O2/c1-14(2)19-22-18(26-23-19)7-5-6-17(25)21-13-15-8-9-20-16(12-15)24-10-3-4-11-24/h8-9,12,14H,3-7,10-11,13H2,1-2H3,(H,21,25). The Bertz CT molecular complexity index is 722. The quantitative estimate of drug-likeness (QED) is 0.782. The van der Waals surface area contributed by atoms with Crippen LogP contribution in [0.4, 0.5) is 5.82 Å². The number of aromatic nitrogens is 3. The van der Waals surface area contributed by atoms with Gasteiger partial charge in [-0.05, 0) is 37.0 Å². The summed E-state index contributed by atoms with van der Waals surface area (Å²) in [5, 5.41) is 6.91. The molecule has 1 aliphatic rings. The van der Waals surface area contributed by atoms with Crippen LogP contribution in [-0.2, 0) is 17.8 Å². The van der Waals surface area contributed by atoms with E-state index in [1.165, 1.54) is 12.8 Å². The number of hydrogen-bond acceptors (Lipinski definition) is 6. The van der Waals surface area contributed by atoms with Crippen molar-refractivity contribution in [2.75, 3.05) is 18.0 Å². The van der Waals surface area contributed by atoms with E-state index in [9.17, 15) is 4.79 Å². The summed E-state index contributed by atoms with van der Waals surface area (Å²) >= 11 is 0. The Labute approximate surface area is 154 Å². The van der Waals surface area contributed by atoms with E-state index in [1.807, 2.05) is 26.1 Å². The fourth-order valence-corrected chi connectivity index (χ4v) is 2.98. The first-order chi connectivity index (χ1) is 12.6. The largest absolute Gasteiger partial charge is 0.357 e. The first-order valence-electron chi connectivity index (χ1n) is 9.41. The zero-order chi connectivity index (χ0) is 18.4. The molecule has 1 saturated heterocycles. The third-order valence-corrected chi connectivity index (χ3v) is 4.52. The summed E-state index contributed by atoms with van der Waals surface area (Å²) < 4.78 is 5.19. The molecule has 7 heteroatoms. The summed E-state index contributed by atoms with van der Waals surface area (Å²) in [6, 6.07) is 4.02. The van der Waals surface area contributed by atoms with Crippen molar-refractivity contribution in [3.05, 3.63) is 35.6 Å². The third kappa shape index (κ3) is 5.03. The first kappa shape index (κ1) is 18.4. The monoisotopic (exact) mass is 357 g/mol. The molecule has 0 radical (unpaired) electrons. The molecule has 0 saturated carbocycles. The second kappa shape index (κ2) is 8.78. The molecule has 0 aromatic carbocycles. The molecule has 0 spiro atoms. The summed E-state index contributed by atoms with van der Waals surface area (Å²) in [5.41, 5.74) is 1.08. The van der Waals surface area contributed by atoms with Gasteiger partial charge in [-0.3, -0.25) is 4.79 Å². The smallest absolute Gasteiger partial charge is 0.226 e. The van der Waals surface area contributed by atoms with Crippen LogP contribution in [0.5, 0.6) is 0 Å². The zero-order valence-corrected chi connectivity index (χ0v) is 15.6. The Morgan fingerprint density at radius 3 is 2.88 bits per heavy atom. The Hall–Kier alpha value is -2.44. The molecule has 1 amide bonds. The summed E-state index contributed by atoms with van der Waals surface area (Å²) in [6.45, 7) is 6.71. The second-order valence-corrected chi connectivity index (χ2v) is 7.05. The van der Waals surface area contributed by atoms with Crippen LogP contribution in [0.15, 0.2) is 22.9 Å². The van der Waals surface area contributed by atoms with Crippen LogP contribution < -0.4 is 10.2 Å². The van der Waals surface area contributed by atoms with Crippen LogP contribution in [0.3, 0.4) is 0 Å². The minimum Gasteiger partial charge on any atom is -0.357 e. The topological polar surface area (TPSA) is 84.2 Å². The van der Waals surface area contributed by atoms with Crippen molar-refractivity contribution in [3.63, 3.8) is 0 Å². The van der Waals surface area contributed by atoms with Gasteiger partial charge in [-0.25, -0.2) is 4.98 Å². The molecule has 1 aliphatic heterocycles. The summed E-state index contributed by atoms with van der Waals surface area (Å²) in [5.74, 6) is 2.61. The molecule has 3 rings (SSSR count). The van der Waals surface area contributed by atoms with E-state index in [4.69, 9.17) is 4.52 Å². The van der Waals surface area contributed by atoms with Gasteiger partial charge in [0.05, 0.1) is 0 Å². The number of hydrogen-bond donors (Lipinski definition) is 1. The number of nitrogens with one attached hydrogen (secondary N) is 1. The number of pyridine rings is 1. The molecule has 2 aromatic rings. The van der Waals surface area contributed by atoms with E-state index < -0.39 is 0 Å². The van der Waals surface area contributed by atoms with E-state index in [1.54, 1.807) is 0 Å². The van der Waals surface area contributed by atoms with Gasteiger partial charge in [-0.15, -0.1) is 0 Å². The minimum absolute atomic E-state index is 0.0353. The maximum absolute atomic E-state index is 12.1. The van der Waals surface area contributed by atoms with Crippen molar-refractivity contribution >= 4 is 11.7 Å². The number of carbonyl (C=O) groups excluding carboxylic acids is 1. The zero-order valence-electron chi connectivity index (χ0n) is 15.6. The van der Waals surface area contributed by atoms with Gasteiger partial charge in [0.25, 0.3) is 0 Å². The highest BCUT2D eigenvalue weighted by Crippen LogP contribution is 2.18. The van der Waals surface area contributed by atoms with Gasteiger partial charge in [-0.1, -0.05) is 19.0 Å². The van der Waals surface area contributed by atoms with Gasteiger partial charge >= 0.3 is 0 Å². The summed E-state index contributed by atoms with van der Waals surface area (Å²) in [6.07, 6.45) is 6.03. The number of rotatable bonds is 8. The van der Waals surface area contributed by atoms with E-state index in [2.05, 4.69) is 31.4 Å². The predicted octanol–water partition coefficient (Wildman–Crippen LogP) is 2.83. The molecule has 0 bridgehead atoms. The highest BCUT2D eigenvalue weighted by atomic mass is 16.5. The highest BCUT2D eigenvalue weighted by molar-refractivity contribution is 5.75. The lowest BCUT2D eigenvalue weighted by Crippen LogP contribution is -2.23. The van der Waals surface area contributed by atoms with E-state index in [-0.39, 0.29) is 11.8 Å². The number of nitrogens with zero attached hydrogens (tertiary/aromatic N) is 4.